The fourth-order valence-corrected chi connectivity index (χ4v) is 3.96. The summed E-state index contributed by atoms with van der Waals surface area (Å²) in [6, 6.07) is 6.54. The molecule has 5 nitrogen and oxygen atoms in total. The van der Waals surface area contributed by atoms with Crippen molar-refractivity contribution in [2.45, 2.75) is 37.4 Å². The monoisotopic (exact) mass is 279 g/mol. The number of benzene rings is 1. The zero-order valence-electron chi connectivity index (χ0n) is 10.6. The molecular formula is C13H17N3O2S. The van der Waals surface area contributed by atoms with E-state index in [1.54, 1.807) is 6.07 Å². The number of anilines is 2. The van der Waals surface area contributed by atoms with Gasteiger partial charge in [0.25, 0.3) is 0 Å². The summed E-state index contributed by atoms with van der Waals surface area (Å²) in [4.78, 5) is 0. The number of nitrogen functional groups attached to an aromatic ring is 1. The molecule has 0 aromatic heterocycles. The third-order valence-corrected chi connectivity index (χ3v) is 5.26. The van der Waals surface area contributed by atoms with E-state index >= 15 is 0 Å². The molecule has 3 N–H and O–H groups in total. The van der Waals surface area contributed by atoms with Crippen LogP contribution in [0.1, 0.15) is 37.7 Å². The molecule has 0 amide bonds. The first-order chi connectivity index (χ1) is 9.03. The van der Waals surface area contributed by atoms with Gasteiger partial charge in [-0.15, -0.1) is 0 Å². The molecule has 0 spiro atoms. The Morgan fingerprint density at radius 1 is 1.26 bits per heavy atom. The standard InChI is InChI=1S/C13H17N3O2S/c14-9-10-8-11(15)6-7-13(10)16-19(17,18)12-4-2-1-3-5-12/h6-8,12,16H,1-5,15H2. The fourth-order valence-electron chi connectivity index (χ4n) is 2.36. The highest BCUT2D eigenvalue weighted by Crippen LogP contribution is 2.26. The van der Waals surface area contributed by atoms with Gasteiger partial charge in [-0.05, 0) is 31.0 Å². The largest absolute Gasteiger partial charge is 0.399 e. The van der Waals surface area contributed by atoms with E-state index in [0.717, 1.165) is 19.3 Å². The van der Waals surface area contributed by atoms with E-state index in [0.29, 0.717) is 24.2 Å². The second-order valence-corrected chi connectivity index (χ2v) is 6.78. The summed E-state index contributed by atoms with van der Waals surface area (Å²) in [5.41, 5.74) is 6.58. The minimum atomic E-state index is -3.42. The van der Waals surface area contributed by atoms with Crippen LogP contribution in [0.4, 0.5) is 11.4 Å². The summed E-state index contributed by atoms with van der Waals surface area (Å²) in [6.07, 6.45) is 4.35. The van der Waals surface area contributed by atoms with E-state index in [9.17, 15) is 8.42 Å². The van der Waals surface area contributed by atoms with Crippen LogP contribution in [0.3, 0.4) is 0 Å². The molecule has 19 heavy (non-hydrogen) atoms. The van der Waals surface area contributed by atoms with Gasteiger partial charge < -0.3 is 5.73 Å². The lowest BCUT2D eigenvalue weighted by molar-refractivity contribution is 0.486. The number of hydrogen-bond donors (Lipinski definition) is 2. The Kier molecular flexibility index (Phi) is 3.96. The lowest BCUT2D eigenvalue weighted by Crippen LogP contribution is -2.30. The maximum absolute atomic E-state index is 12.3. The Balaban J connectivity index is 2.23. The van der Waals surface area contributed by atoms with Gasteiger partial charge in [0.1, 0.15) is 6.07 Å². The minimum Gasteiger partial charge on any atom is -0.399 e. The van der Waals surface area contributed by atoms with Crippen LogP contribution >= 0.6 is 0 Å². The third kappa shape index (κ3) is 3.18. The molecule has 0 unspecified atom stereocenters. The fraction of sp³-hybridized carbons (Fsp3) is 0.462. The van der Waals surface area contributed by atoms with Crippen LogP contribution in [0.5, 0.6) is 0 Å². The van der Waals surface area contributed by atoms with Gasteiger partial charge in [-0.1, -0.05) is 19.3 Å². The van der Waals surface area contributed by atoms with Gasteiger partial charge in [-0.2, -0.15) is 5.26 Å². The van der Waals surface area contributed by atoms with E-state index in [-0.39, 0.29) is 10.8 Å². The molecule has 0 bridgehead atoms. The van der Waals surface area contributed by atoms with Crippen molar-refractivity contribution in [3.63, 3.8) is 0 Å². The summed E-state index contributed by atoms with van der Waals surface area (Å²) < 4.78 is 27.0. The van der Waals surface area contributed by atoms with E-state index < -0.39 is 10.0 Å². The maximum atomic E-state index is 12.3. The van der Waals surface area contributed by atoms with Crippen LogP contribution in [-0.4, -0.2) is 13.7 Å². The first kappa shape index (κ1) is 13.7. The molecule has 1 saturated carbocycles. The first-order valence-electron chi connectivity index (χ1n) is 6.34. The summed E-state index contributed by atoms with van der Waals surface area (Å²) in [7, 11) is -3.42. The quantitative estimate of drug-likeness (QED) is 0.829. The molecule has 1 aromatic carbocycles. The maximum Gasteiger partial charge on any atom is 0.235 e. The summed E-state index contributed by atoms with van der Waals surface area (Å²) in [6.45, 7) is 0. The van der Waals surface area contributed by atoms with E-state index in [1.165, 1.54) is 12.1 Å². The Hall–Kier alpha value is -1.74. The molecule has 1 aliphatic rings. The number of nitrogens with one attached hydrogen (secondary N) is 1. The molecule has 1 aliphatic carbocycles. The number of rotatable bonds is 3. The van der Waals surface area contributed by atoms with Crippen molar-refractivity contribution in [2.75, 3.05) is 10.5 Å². The Bertz CT molecular complexity index is 599. The van der Waals surface area contributed by atoms with Gasteiger partial charge in [0.2, 0.25) is 10.0 Å². The number of nitriles is 1. The van der Waals surface area contributed by atoms with Crippen LogP contribution in [0.2, 0.25) is 0 Å². The zero-order chi connectivity index (χ0) is 13.9. The topological polar surface area (TPSA) is 96.0 Å². The summed E-state index contributed by atoms with van der Waals surface area (Å²) >= 11 is 0. The molecule has 2 rings (SSSR count). The van der Waals surface area contributed by atoms with Crippen LogP contribution < -0.4 is 10.5 Å². The normalized spacial score (nSPS) is 16.8. The van der Waals surface area contributed by atoms with Crippen LogP contribution in [0.15, 0.2) is 18.2 Å². The number of nitrogens with two attached hydrogens (primary N) is 1. The average Bonchev–Trinajstić information content (AvgIpc) is 2.41. The molecule has 0 atom stereocenters. The molecule has 0 saturated heterocycles. The van der Waals surface area contributed by atoms with E-state index in [1.807, 2.05) is 6.07 Å². The second-order valence-electron chi connectivity index (χ2n) is 4.82. The molecule has 1 fully saturated rings. The number of hydrogen-bond acceptors (Lipinski definition) is 4. The summed E-state index contributed by atoms with van der Waals surface area (Å²) in [5.74, 6) is 0. The van der Waals surface area contributed by atoms with Crippen molar-refractivity contribution in [3.05, 3.63) is 23.8 Å². The first-order valence-corrected chi connectivity index (χ1v) is 7.89. The van der Waals surface area contributed by atoms with Crippen LogP contribution in [0.25, 0.3) is 0 Å². The SMILES string of the molecule is N#Cc1cc(N)ccc1NS(=O)(=O)C1CCCCC1. The highest BCUT2D eigenvalue weighted by molar-refractivity contribution is 7.93. The smallest absolute Gasteiger partial charge is 0.235 e. The van der Waals surface area contributed by atoms with Crippen molar-refractivity contribution in [2.24, 2.45) is 0 Å². The van der Waals surface area contributed by atoms with Crippen LogP contribution in [-0.2, 0) is 10.0 Å². The Morgan fingerprint density at radius 2 is 1.95 bits per heavy atom. The lowest BCUT2D eigenvalue weighted by Gasteiger charge is -2.22. The van der Waals surface area contributed by atoms with Crippen molar-refractivity contribution in [1.82, 2.24) is 0 Å². The molecule has 1 aromatic rings. The van der Waals surface area contributed by atoms with Crippen molar-refractivity contribution in [1.29, 1.82) is 5.26 Å². The van der Waals surface area contributed by atoms with Crippen molar-refractivity contribution < 1.29 is 8.42 Å². The van der Waals surface area contributed by atoms with E-state index in [4.69, 9.17) is 11.0 Å². The molecule has 0 aliphatic heterocycles. The van der Waals surface area contributed by atoms with Gasteiger partial charge in [0.15, 0.2) is 0 Å². The molecule has 6 heteroatoms. The van der Waals surface area contributed by atoms with Gasteiger partial charge in [-0.3, -0.25) is 4.72 Å². The number of nitrogens with zero attached hydrogens (tertiary/aromatic N) is 1. The van der Waals surface area contributed by atoms with Crippen molar-refractivity contribution in [3.8, 4) is 6.07 Å². The molecule has 0 heterocycles. The molecular weight excluding hydrogens is 262 g/mol. The average molecular weight is 279 g/mol. The predicted molar refractivity (Wildman–Crippen MR) is 75.0 cm³/mol. The highest BCUT2D eigenvalue weighted by atomic mass is 32.2. The van der Waals surface area contributed by atoms with Gasteiger partial charge in [0.05, 0.1) is 16.5 Å². The van der Waals surface area contributed by atoms with Crippen molar-refractivity contribution >= 4 is 21.4 Å². The van der Waals surface area contributed by atoms with Crippen LogP contribution in [0, 0.1) is 11.3 Å². The van der Waals surface area contributed by atoms with Gasteiger partial charge >= 0.3 is 0 Å². The third-order valence-electron chi connectivity index (χ3n) is 3.41. The van der Waals surface area contributed by atoms with Gasteiger partial charge in [-0.25, -0.2) is 8.42 Å². The second kappa shape index (κ2) is 5.49. The summed E-state index contributed by atoms with van der Waals surface area (Å²) in [5, 5.41) is 8.65. The van der Waals surface area contributed by atoms with Gasteiger partial charge in [0, 0.05) is 5.69 Å². The number of sulfonamides is 1. The van der Waals surface area contributed by atoms with E-state index in [2.05, 4.69) is 4.72 Å². The highest BCUT2D eigenvalue weighted by Gasteiger charge is 2.27. The lowest BCUT2D eigenvalue weighted by atomic mass is 10.0. The minimum absolute atomic E-state index is 0.249. The Labute approximate surface area is 113 Å². The Morgan fingerprint density at radius 3 is 2.58 bits per heavy atom. The molecule has 102 valence electrons. The predicted octanol–water partition coefficient (Wildman–Crippen LogP) is 2.21. The zero-order valence-corrected chi connectivity index (χ0v) is 11.4. The molecule has 0 radical (unpaired) electrons.